The first-order valence-electron chi connectivity index (χ1n) is 9.63. The molecular weight excluding hydrogens is 385 g/mol. The Hall–Kier alpha value is -3.74. The number of hydrogen-bond donors (Lipinski definition) is 2. The molecule has 1 fully saturated rings. The van der Waals surface area contributed by atoms with Crippen molar-refractivity contribution in [3.05, 3.63) is 89.9 Å². The minimum Gasteiger partial charge on any atom is -0.444 e. The van der Waals surface area contributed by atoms with E-state index < -0.39 is 23.8 Å². The number of carbonyl (C=O) groups excluding carboxylic acids is 2. The van der Waals surface area contributed by atoms with Crippen LogP contribution in [-0.4, -0.2) is 22.9 Å². The maximum absolute atomic E-state index is 13.1. The number of ether oxygens (including phenoxy) is 1. The zero-order valence-electron chi connectivity index (χ0n) is 16.0. The molecule has 1 atom stereocenters. The van der Waals surface area contributed by atoms with E-state index in [9.17, 15) is 14.0 Å². The van der Waals surface area contributed by atoms with Crippen LogP contribution in [0.15, 0.2) is 72.9 Å². The molecule has 4 rings (SSSR count). The van der Waals surface area contributed by atoms with Crippen LogP contribution in [0.1, 0.15) is 34.9 Å². The molecule has 1 aromatic heterocycles. The van der Waals surface area contributed by atoms with Crippen molar-refractivity contribution >= 4 is 23.4 Å². The maximum Gasteiger partial charge on any atom is 0.340 e. The highest BCUT2D eigenvalue weighted by Gasteiger charge is 2.26. The highest BCUT2D eigenvalue weighted by molar-refractivity contribution is 5.98. The number of pyridine rings is 1. The summed E-state index contributed by atoms with van der Waals surface area (Å²) in [4.78, 5) is 29.7. The molecule has 1 amide bonds. The van der Waals surface area contributed by atoms with Gasteiger partial charge in [-0.3, -0.25) is 4.79 Å². The Balaban J connectivity index is 1.49. The molecule has 2 N–H and O–H groups in total. The summed E-state index contributed by atoms with van der Waals surface area (Å²) >= 11 is 0. The predicted molar refractivity (Wildman–Crippen MR) is 111 cm³/mol. The fraction of sp³-hybridized carbons (Fsp3) is 0.174. The van der Waals surface area contributed by atoms with Crippen LogP contribution in [0.4, 0.5) is 15.9 Å². The molecular formula is C23H20FN3O3. The summed E-state index contributed by atoms with van der Waals surface area (Å²) < 4.78 is 18.6. The van der Waals surface area contributed by atoms with E-state index in [-0.39, 0.29) is 5.56 Å². The summed E-state index contributed by atoms with van der Waals surface area (Å²) in [5, 5.41) is 5.90. The van der Waals surface area contributed by atoms with Crippen molar-refractivity contribution < 1.29 is 18.7 Å². The molecule has 0 spiro atoms. The molecule has 152 valence electrons. The van der Waals surface area contributed by atoms with E-state index >= 15 is 0 Å². The molecule has 7 heteroatoms. The fourth-order valence-electron chi connectivity index (χ4n) is 2.85. The third kappa shape index (κ3) is 5.00. The highest BCUT2D eigenvalue weighted by Crippen LogP contribution is 2.25. The number of carbonyl (C=O) groups is 2. The van der Waals surface area contributed by atoms with Gasteiger partial charge in [-0.2, -0.15) is 0 Å². The van der Waals surface area contributed by atoms with Crippen LogP contribution in [0, 0.1) is 5.82 Å². The van der Waals surface area contributed by atoms with Crippen molar-refractivity contribution in [2.45, 2.75) is 25.0 Å². The molecule has 1 saturated carbocycles. The molecule has 1 aliphatic rings. The SMILES string of the molecule is O=C(OC(C(=O)Nc1ccc(F)cc1)c1ccccc1)c1ccc(NC2CC2)nc1. The van der Waals surface area contributed by atoms with E-state index in [0.29, 0.717) is 23.1 Å². The largest absolute Gasteiger partial charge is 0.444 e. The van der Waals surface area contributed by atoms with E-state index in [4.69, 9.17) is 4.74 Å². The Labute approximate surface area is 173 Å². The molecule has 1 unspecified atom stereocenters. The van der Waals surface area contributed by atoms with Crippen LogP contribution >= 0.6 is 0 Å². The molecule has 2 aromatic carbocycles. The van der Waals surface area contributed by atoms with Crippen LogP contribution < -0.4 is 10.6 Å². The van der Waals surface area contributed by atoms with Gasteiger partial charge in [0.05, 0.1) is 5.56 Å². The summed E-state index contributed by atoms with van der Waals surface area (Å²) in [7, 11) is 0. The van der Waals surface area contributed by atoms with Crippen LogP contribution in [0.25, 0.3) is 0 Å². The van der Waals surface area contributed by atoms with Gasteiger partial charge in [-0.15, -0.1) is 0 Å². The van der Waals surface area contributed by atoms with E-state index in [1.807, 2.05) is 0 Å². The number of aromatic nitrogens is 1. The van der Waals surface area contributed by atoms with Gasteiger partial charge in [-0.25, -0.2) is 14.2 Å². The van der Waals surface area contributed by atoms with Gasteiger partial charge in [0.1, 0.15) is 11.6 Å². The summed E-state index contributed by atoms with van der Waals surface area (Å²) in [6, 6.07) is 17.8. The van der Waals surface area contributed by atoms with E-state index in [0.717, 1.165) is 12.8 Å². The number of halogens is 1. The molecule has 0 aliphatic heterocycles. The van der Waals surface area contributed by atoms with Gasteiger partial charge in [0.15, 0.2) is 0 Å². The lowest BCUT2D eigenvalue weighted by molar-refractivity contribution is -0.125. The van der Waals surface area contributed by atoms with Gasteiger partial charge in [-0.05, 0) is 49.2 Å². The zero-order valence-corrected chi connectivity index (χ0v) is 16.0. The Bertz CT molecular complexity index is 1020. The first-order valence-corrected chi connectivity index (χ1v) is 9.63. The second kappa shape index (κ2) is 8.73. The van der Waals surface area contributed by atoms with Gasteiger partial charge < -0.3 is 15.4 Å². The smallest absolute Gasteiger partial charge is 0.340 e. The van der Waals surface area contributed by atoms with Crippen molar-refractivity contribution in [1.29, 1.82) is 0 Å². The average Bonchev–Trinajstić information content (AvgIpc) is 3.58. The van der Waals surface area contributed by atoms with E-state index in [1.54, 1.807) is 42.5 Å². The molecule has 3 aromatic rings. The number of nitrogens with one attached hydrogen (secondary N) is 2. The van der Waals surface area contributed by atoms with Gasteiger partial charge in [-0.1, -0.05) is 30.3 Å². The number of esters is 1. The summed E-state index contributed by atoms with van der Waals surface area (Å²) in [5.41, 5.74) is 1.16. The zero-order chi connectivity index (χ0) is 20.9. The molecule has 0 saturated heterocycles. The van der Waals surface area contributed by atoms with Crippen molar-refractivity contribution in [1.82, 2.24) is 4.98 Å². The average molecular weight is 405 g/mol. The van der Waals surface area contributed by atoms with Gasteiger partial charge in [0.25, 0.3) is 5.91 Å². The molecule has 0 radical (unpaired) electrons. The van der Waals surface area contributed by atoms with E-state index in [1.165, 1.54) is 30.5 Å². The number of amides is 1. The second-order valence-corrected chi connectivity index (χ2v) is 7.04. The quantitative estimate of drug-likeness (QED) is 0.572. The third-order valence-electron chi connectivity index (χ3n) is 4.61. The normalized spacial score (nSPS) is 13.9. The maximum atomic E-state index is 13.1. The minimum atomic E-state index is -1.17. The molecule has 1 aliphatic carbocycles. The topological polar surface area (TPSA) is 80.3 Å². The number of rotatable bonds is 7. The lowest BCUT2D eigenvalue weighted by Crippen LogP contribution is -2.26. The summed E-state index contributed by atoms with van der Waals surface area (Å²) in [5.74, 6) is -0.918. The van der Waals surface area contributed by atoms with Crippen molar-refractivity contribution in [2.24, 2.45) is 0 Å². The summed E-state index contributed by atoms with van der Waals surface area (Å²) in [6.45, 7) is 0. The lowest BCUT2D eigenvalue weighted by Gasteiger charge is -2.18. The van der Waals surface area contributed by atoms with Crippen LogP contribution in [0.2, 0.25) is 0 Å². The summed E-state index contributed by atoms with van der Waals surface area (Å²) in [6.07, 6.45) is 2.49. The van der Waals surface area contributed by atoms with Crippen LogP contribution in [-0.2, 0) is 9.53 Å². The van der Waals surface area contributed by atoms with Crippen LogP contribution in [0.3, 0.4) is 0 Å². The second-order valence-electron chi connectivity index (χ2n) is 7.04. The molecule has 0 bridgehead atoms. The Morgan fingerprint density at radius 1 is 1.00 bits per heavy atom. The predicted octanol–water partition coefficient (Wildman–Crippen LogP) is 4.33. The Morgan fingerprint density at radius 2 is 1.73 bits per heavy atom. The van der Waals surface area contributed by atoms with E-state index in [2.05, 4.69) is 15.6 Å². The van der Waals surface area contributed by atoms with Crippen molar-refractivity contribution in [3.8, 4) is 0 Å². The van der Waals surface area contributed by atoms with Crippen LogP contribution in [0.5, 0.6) is 0 Å². The van der Waals surface area contributed by atoms with Gasteiger partial charge in [0.2, 0.25) is 6.10 Å². The number of hydrogen-bond acceptors (Lipinski definition) is 5. The standard InChI is InChI=1S/C23H20FN3O3/c24-17-7-9-19(10-8-17)27-22(28)21(15-4-2-1-3-5-15)30-23(29)16-6-13-20(25-14-16)26-18-11-12-18/h1-10,13-14,18,21H,11-12H2,(H,25,26)(H,27,28). The van der Waals surface area contributed by atoms with Crippen molar-refractivity contribution in [2.75, 3.05) is 10.6 Å². The Kier molecular flexibility index (Phi) is 5.70. The minimum absolute atomic E-state index is 0.242. The van der Waals surface area contributed by atoms with Gasteiger partial charge >= 0.3 is 5.97 Å². The number of nitrogens with zero attached hydrogens (tertiary/aromatic N) is 1. The molecule has 30 heavy (non-hydrogen) atoms. The van der Waals surface area contributed by atoms with Crippen molar-refractivity contribution in [3.63, 3.8) is 0 Å². The number of anilines is 2. The number of benzene rings is 2. The first-order chi connectivity index (χ1) is 14.6. The molecule has 1 heterocycles. The third-order valence-corrected chi connectivity index (χ3v) is 4.61. The molecule has 6 nitrogen and oxygen atoms in total. The highest BCUT2D eigenvalue weighted by atomic mass is 19.1. The lowest BCUT2D eigenvalue weighted by atomic mass is 10.1. The fourth-order valence-corrected chi connectivity index (χ4v) is 2.85. The Morgan fingerprint density at radius 3 is 2.37 bits per heavy atom. The monoisotopic (exact) mass is 405 g/mol. The first kappa shape index (κ1) is 19.6. The van der Waals surface area contributed by atoms with Gasteiger partial charge in [0, 0.05) is 23.5 Å².